The van der Waals surface area contributed by atoms with Gasteiger partial charge in [-0.1, -0.05) is 19.1 Å². The van der Waals surface area contributed by atoms with E-state index in [0.29, 0.717) is 24.4 Å². The zero-order chi connectivity index (χ0) is 21.9. The van der Waals surface area contributed by atoms with Crippen molar-refractivity contribution >= 4 is 17.7 Å². The molecule has 3 rings (SSSR count). The van der Waals surface area contributed by atoms with Crippen LogP contribution in [-0.4, -0.2) is 85.9 Å². The molecule has 1 aromatic rings. The summed E-state index contributed by atoms with van der Waals surface area (Å²) in [7, 11) is 2.19. The van der Waals surface area contributed by atoms with Gasteiger partial charge in [-0.25, -0.2) is 4.99 Å². The largest absolute Gasteiger partial charge is 0.492 e. The van der Waals surface area contributed by atoms with Crippen molar-refractivity contribution in [1.29, 1.82) is 0 Å². The number of ether oxygens (including phenoxy) is 2. The van der Waals surface area contributed by atoms with Gasteiger partial charge in [0.25, 0.3) is 0 Å². The second kappa shape index (κ2) is 13.2. The number of thioether (sulfide) groups is 1. The van der Waals surface area contributed by atoms with Crippen molar-refractivity contribution < 1.29 is 9.47 Å². The average molecular weight is 449 g/mol. The van der Waals surface area contributed by atoms with E-state index in [1.807, 2.05) is 6.07 Å². The number of likely N-dealkylation sites (N-methyl/N-ethyl adjacent to an activating group) is 1. The van der Waals surface area contributed by atoms with Gasteiger partial charge in [-0.05, 0) is 50.9 Å². The van der Waals surface area contributed by atoms with E-state index in [2.05, 4.69) is 66.0 Å². The van der Waals surface area contributed by atoms with Crippen LogP contribution in [0, 0.1) is 0 Å². The van der Waals surface area contributed by atoms with Crippen molar-refractivity contribution in [3.63, 3.8) is 0 Å². The maximum Gasteiger partial charge on any atom is 0.194 e. The molecular formula is C24H40N4O2S. The molecule has 2 fully saturated rings. The number of nitrogens with zero attached hydrogens (tertiary/aromatic N) is 3. The molecule has 1 atom stereocenters. The maximum atomic E-state index is 6.06. The summed E-state index contributed by atoms with van der Waals surface area (Å²) in [5.41, 5.74) is 1.18. The first kappa shape index (κ1) is 24.2. The molecule has 1 aromatic carbocycles. The summed E-state index contributed by atoms with van der Waals surface area (Å²) < 4.78 is 11.5. The van der Waals surface area contributed by atoms with Crippen LogP contribution in [0.2, 0.25) is 0 Å². The molecule has 1 N–H and O–H groups in total. The predicted octanol–water partition coefficient (Wildman–Crippen LogP) is 3.47. The average Bonchev–Trinajstić information content (AvgIpc) is 2.82. The van der Waals surface area contributed by atoms with Gasteiger partial charge in [0.15, 0.2) is 5.96 Å². The summed E-state index contributed by atoms with van der Waals surface area (Å²) in [6.07, 6.45) is 3.45. The number of rotatable bonds is 9. The molecule has 0 spiro atoms. The molecule has 0 bridgehead atoms. The highest BCUT2D eigenvalue weighted by atomic mass is 32.2. The van der Waals surface area contributed by atoms with Crippen LogP contribution in [0.3, 0.4) is 0 Å². The van der Waals surface area contributed by atoms with E-state index in [-0.39, 0.29) is 0 Å². The molecular weight excluding hydrogens is 408 g/mol. The van der Waals surface area contributed by atoms with Crippen LogP contribution < -0.4 is 10.1 Å². The van der Waals surface area contributed by atoms with Gasteiger partial charge >= 0.3 is 0 Å². The first-order chi connectivity index (χ1) is 15.2. The quantitative estimate of drug-likeness (QED) is 0.461. The lowest BCUT2D eigenvalue weighted by Gasteiger charge is -2.34. The number of aliphatic imine (C=N–C) groups is 1. The summed E-state index contributed by atoms with van der Waals surface area (Å²) in [4.78, 5) is 9.75. The molecule has 174 valence electrons. The fourth-order valence-corrected chi connectivity index (χ4v) is 5.28. The minimum atomic E-state index is 0.614. The topological polar surface area (TPSA) is 49.3 Å². The number of hydrogen-bond donors (Lipinski definition) is 1. The van der Waals surface area contributed by atoms with Crippen molar-refractivity contribution in [1.82, 2.24) is 15.1 Å². The van der Waals surface area contributed by atoms with E-state index in [9.17, 15) is 0 Å². The fraction of sp³-hybridized carbons (Fsp3) is 0.708. The van der Waals surface area contributed by atoms with Crippen LogP contribution in [0.15, 0.2) is 29.3 Å². The Morgan fingerprint density at radius 3 is 2.94 bits per heavy atom. The van der Waals surface area contributed by atoms with Crippen molar-refractivity contribution in [3.8, 4) is 5.75 Å². The lowest BCUT2D eigenvalue weighted by atomic mass is 10.1. The third kappa shape index (κ3) is 7.88. The Labute approximate surface area is 192 Å². The van der Waals surface area contributed by atoms with Gasteiger partial charge in [0.05, 0.1) is 6.54 Å². The van der Waals surface area contributed by atoms with E-state index in [4.69, 9.17) is 14.5 Å². The highest BCUT2D eigenvalue weighted by molar-refractivity contribution is 8.00. The highest BCUT2D eigenvalue weighted by Crippen LogP contribution is 2.21. The third-order valence-electron chi connectivity index (χ3n) is 6.07. The van der Waals surface area contributed by atoms with Crippen molar-refractivity contribution in [2.75, 3.05) is 58.8 Å². The molecule has 7 heteroatoms. The fourth-order valence-electron chi connectivity index (χ4n) is 4.10. The Hall–Kier alpha value is -1.44. The zero-order valence-corrected chi connectivity index (χ0v) is 20.3. The van der Waals surface area contributed by atoms with E-state index in [1.165, 1.54) is 17.7 Å². The van der Waals surface area contributed by atoms with Crippen LogP contribution in [0.5, 0.6) is 5.75 Å². The van der Waals surface area contributed by atoms with E-state index in [0.717, 1.165) is 63.9 Å². The SMILES string of the molecule is CCNC(=NCc1cccc(OCCN(C)C2CCOCC2)c1)N1CCSC(CC)C1. The molecule has 0 aliphatic carbocycles. The zero-order valence-electron chi connectivity index (χ0n) is 19.5. The number of guanidine groups is 1. The molecule has 2 aliphatic heterocycles. The summed E-state index contributed by atoms with van der Waals surface area (Å²) in [5, 5.41) is 4.18. The maximum absolute atomic E-state index is 6.06. The number of benzene rings is 1. The summed E-state index contributed by atoms with van der Waals surface area (Å²) in [6, 6.07) is 8.99. The highest BCUT2D eigenvalue weighted by Gasteiger charge is 2.21. The van der Waals surface area contributed by atoms with E-state index < -0.39 is 0 Å². The third-order valence-corrected chi connectivity index (χ3v) is 7.44. The second-order valence-corrected chi connectivity index (χ2v) is 9.75. The lowest BCUT2D eigenvalue weighted by Crippen LogP contribution is -2.48. The predicted molar refractivity (Wildman–Crippen MR) is 131 cm³/mol. The van der Waals surface area contributed by atoms with Crippen LogP contribution >= 0.6 is 11.8 Å². The van der Waals surface area contributed by atoms with Crippen molar-refractivity contribution in [2.24, 2.45) is 4.99 Å². The van der Waals surface area contributed by atoms with Gasteiger partial charge in [-0.15, -0.1) is 0 Å². The van der Waals surface area contributed by atoms with E-state index >= 15 is 0 Å². The Morgan fingerprint density at radius 1 is 1.32 bits per heavy atom. The molecule has 0 saturated carbocycles. The lowest BCUT2D eigenvalue weighted by molar-refractivity contribution is 0.0392. The molecule has 2 aliphatic rings. The van der Waals surface area contributed by atoms with Crippen LogP contribution in [0.25, 0.3) is 0 Å². The van der Waals surface area contributed by atoms with Gasteiger partial charge in [-0.3, -0.25) is 4.90 Å². The van der Waals surface area contributed by atoms with Crippen LogP contribution in [-0.2, 0) is 11.3 Å². The molecule has 2 heterocycles. The van der Waals surface area contributed by atoms with Crippen LogP contribution in [0.1, 0.15) is 38.7 Å². The molecule has 0 radical (unpaired) electrons. The summed E-state index contributed by atoms with van der Waals surface area (Å²) >= 11 is 2.09. The second-order valence-electron chi connectivity index (χ2n) is 8.34. The Balaban J connectivity index is 1.51. The van der Waals surface area contributed by atoms with Gasteiger partial charge in [0, 0.05) is 56.4 Å². The Kier molecular flexibility index (Phi) is 10.3. The summed E-state index contributed by atoms with van der Waals surface area (Å²) in [6.45, 7) is 11.5. The smallest absolute Gasteiger partial charge is 0.194 e. The summed E-state index contributed by atoms with van der Waals surface area (Å²) in [5.74, 6) is 3.14. The van der Waals surface area contributed by atoms with Gasteiger partial charge < -0.3 is 19.7 Å². The van der Waals surface area contributed by atoms with Gasteiger partial charge in [0.2, 0.25) is 0 Å². The molecule has 2 saturated heterocycles. The minimum Gasteiger partial charge on any atom is -0.492 e. The molecule has 31 heavy (non-hydrogen) atoms. The first-order valence-corrected chi connectivity index (χ1v) is 12.9. The monoisotopic (exact) mass is 448 g/mol. The van der Waals surface area contributed by atoms with Gasteiger partial charge in [-0.2, -0.15) is 11.8 Å². The Morgan fingerprint density at radius 2 is 2.16 bits per heavy atom. The van der Waals surface area contributed by atoms with Crippen LogP contribution in [0.4, 0.5) is 0 Å². The van der Waals surface area contributed by atoms with Gasteiger partial charge in [0.1, 0.15) is 12.4 Å². The number of nitrogens with one attached hydrogen (secondary N) is 1. The first-order valence-electron chi connectivity index (χ1n) is 11.8. The number of hydrogen-bond acceptors (Lipinski definition) is 5. The minimum absolute atomic E-state index is 0.614. The Bertz CT molecular complexity index is 681. The normalized spacial score (nSPS) is 20.8. The molecule has 0 amide bonds. The molecule has 6 nitrogen and oxygen atoms in total. The van der Waals surface area contributed by atoms with E-state index in [1.54, 1.807) is 0 Å². The van der Waals surface area contributed by atoms with Crippen molar-refractivity contribution in [3.05, 3.63) is 29.8 Å². The molecule has 0 aromatic heterocycles. The standard InChI is InChI=1S/C24H40N4O2S/c1-4-23-19-28(12-16-31-23)24(25-5-2)26-18-20-7-6-8-22(17-20)30-15-11-27(3)21-9-13-29-14-10-21/h6-8,17,21,23H,4-5,9-16,18-19H2,1-3H3,(H,25,26). The molecule has 1 unspecified atom stereocenters. The van der Waals surface area contributed by atoms with Crippen molar-refractivity contribution in [2.45, 2.75) is 50.9 Å².